The van der Waals surface area contributed by atoms with E-state index in [4.69, 9.17) is 4.74 Å². The number of benzene rings is 3. The molecule has 6 nitrogen and oxygen atoms in total. The van der Waals surface area contributed by atoms with E-state index in [0.717, 1.165) is 24.0 Å². The number of rotatable bonds is 6. The summed E-state index contributed by atoms with van der Waals surface area (Å²) in [6.07, 6.45) is 1.52. The van der Waals surface area contributed by atoms with Crippen molar-refractivity contribution in [2.75, 3.05) is 50.8 Å². The van der Waals surface area contributed by atoms with Crippen molar-refractivity contribution in [3.05, 3.63) is 95.6 Å². The molecule has 8 heteroatoms. The van der Waals surface area contributed by atoms with Crippen molar-refractivity contribution >= 4 is 17.5 Å². The topological polar surface area (TPSA) is 53.1 Å². The number of hydrogen-bond donors (Lipinski definition) is 0. The predicted molar refractivity (Wildman–Crippen MR) is 141 cm³/mol. The van der Waals surface area contributed by atoms with Gasteiger partial charge in [-0.1, -0.05) is 36.4 Å². The van der Waals surface area contributed by atoms with Crippen LogP contribution in [0.3, 0.4) is 0 Å². The molecule has 0 N–H and O–H groups in total. The Hall–Kier alpha value is -3.78. The van der Waals surface area contributed by atoms with Gasteiger partial charge in [-0.15, -0.1) is 0 Å². The number of nitrogens with zero attached hydrogens (tertiary/aromatic N) is 3. The number of piperazine rings is 1. The Labute approximate surface area is 221 Å². The minimum atomic E-state index is -0.397. The summed E-state index contributed by atoms with van der Waals surface area (Å²) >= 11 is 0. The molecule has 0 saturated carbocycles. The van der Waals surface area contributed by atoms with Crippen molar-refractivity contribution < 1.29 is 23.1 Å². The highest BCUT2D eigenvalue weighted by molar-refractivity contribution is 5.96. The Morgan fingerprint density at radius 3 is 2.26 bits per heavy atom. The van der Waals surface area contributed by atoms with Gasteiger partial charge in [0, 0.05) is 38.6 Å². The lowest BCUT2D eigenvalue weighted by Crippen LogP contribution is -2.52. The van der Waals surface area contributed by atoms with Gasteiger partial charge in [0.05, 0.1) is 12.2 Å². The first-order valence-corrected chi connectivity index (χ1v) is 13.0. The Kier molecular flexibility index (Phi) is 7.98. The Morgan fingerprint density at radius 2 is 1.53 bits per heavy atom. The molecule has 0 radical (unpaired) electrons. The molecule has 5 rings (SSSR count). The van der Waals surface area contributed by atoms with E-state index in [0.29, 0.717) is 44.2 Å². The van der Waals surface area contributed by atoms with Crippen LogP contribution in [0.1, 0.15) is 29.9 Å². The first kappa shape index (κ1) is 25.9. The number of fused-ring (bicyclic) bond motifs is 1. The van der Waals surface area contributed by atoms with E-state index < -0.39 is 5.82 Å². The lowest BCUT2D eigenvalue weighted by atomic mass is 9.87. The van der Waals surface area contributed by atoms with E-state index in [1.807, 2.05) is 35.2 Å². The Morgan fingerprint density at radius 1 is 0.816 bits per heavy atom. The van der Waals surface area contributed by atoms with E-state index in [1.165, 1.54) is 24.3 Å². The smallest absolute Gasteiger partial charge is 0.260 e. The fraction of sp³-hybridized carbons (Fsp3) is 0.333. The van der Waals surface area contributed by atoms with Crippen LogP contribution in [0.2, 0.25) is 0 Å². The molecule has 198 valence electrons. The first-order valence-electron chi connectivity index (χ1n) is 13.0. The maximum atomic E-state index is 14.3. The molecular weight excluding hydrogens is 488 g/mol. The number of ether oxygens (including phenoxy) is 1. The van der Waals surface area contributed by atoms with Crippen LogP contribution >= 0.6 is 0 Å². The molecule has 2 heterocycles. The van der Waals surface area contributed by atoms with Crippen LogP contribution in [0.4, 0.5) is 14.5 Å². The molecule has 1 unspecified atom stereocenters. The van der Waals surface area contributed by atoms with Crippen molar-refractivity contribution in [1.29, 1.82) is 0 Å². The van der Waals surface area contributed by atoms with E-state index in [9.17, 15) is 18.4 Å². The van der Waals surface area contributed by atoms with Gasteiger partial charge in [0.25, 0.3) is 5.91 Å². The second kappa shape index (κ2) is 11.7. The summed E-state index contributed by atoms with van der Waals surface area (Å²) in [6, 6.07) is 20.2. The van der Waals surface area contributed by atoms with Crippen molar-refractivity contribution in [2.24, 2.45) is 0 Å². The summed E-state index contributed by atoms with van der Waals surface area (Å²) in [4.78, 5) is 31.5. The van der Waals surface area contributed by atoms with Crippen molar-refractivity contribution in [1.82, 2.24) is 9.80 Å². The van der Waals surface area contributed by atoms with Gasteiger partial charge in [-0.25, -0.2) is 8.78 Å². The second-order valence-electron chi connectivity index (χ2n) is 9.75. The third-order valence-electron chi connectivity index (χ3n) is 7.30. The number of halogens is 2. The van der Waals surface area contributed by atoms with E-state index >= 15 is 0 Å². The van der Waals surface area contributed by atoms with Gasteiger partial charge in [-0.3, -0.25) is 14.5 Å². The average molecular weight is 520 g/mol. The molecule has 3 aromatic rings. The third kappa shape index (κ3) is 6.02. The molecule has 0 spiro atoms. The molecular formula is C30H31F2N3O3. The lowest BCUT2D eigenvalue weighted by molar-refractivity contribution is -0.135. The van der Waals surface area contributed by atoms with Gasteiger partial charge >= 0.3 is 0 Å². The van der Waals surface area contributed by atoms with Crippen LogP contribution in [0.25, 0.3) is 0 Å². The van der Waals surface area contributed by atoms with Gasteiger partial charge < -0.3 is 14.5 Å². The number of para-hydroxylation sites is 1. The van der Waals surface area contributed by atoms with Crippen LogP contribution in [-0.2, 0) is 9.59 Å². The highest BCUT2D eigenvalue weighted by atomic mass is 19.1. The maximum Gasteiger partial charge on any atom is 0.260 e. The van der Waals surface area contributed by atoms with Crippen molar-refractivity contribution in [3.8, 4) is 5.75 Å². The molecule has 0 aliphatic carbocycles. The largest absolute Gasteiger partial charge is 0.484 e. The summed E-state index contributed by atoms with van der Waals surface area (Å²) in [5.41, 5.74) is 2.40. The number of hydrogen-bond acceptors (Lipinski definition) is 4. The van der Waals surface area contributed by atoms with Gasteiger partial charge in [-0.05, 0) is 60.4 Å². The standard InChI is InChI=1S/C30H31F2N3O3/c31-23-10-8-22(9-11-23)26-7-4-14-35(28-19-24(32)12-13-27(26)28)29(36)20-33-15-17-34(18-16-33)30(37)21-38-25-5-2-1-3-6-25/h1-3,5-6,8-13,19,26H,4,7,14-18,20-21H2. The molecule has 2 amide bonds. The molecule has 2 aliphatic rings. The summed E-state index contributed by atoms with van der Waals surface area (Å²) in [5, 5.41) is 0. The quantitative estimate of drug-likeness (QED) is 0.483. The molecule has 0 bridgehead atoms. The minimum absolute atomic E-state index is 0.0196. The number of amides is 2. The highest BCUT2D eigenvalue weighted by Gasteiger charge is 2.30. The minimum Gasteiger partial charge on any atom is -0.484 e. The SMILES string of the molecule is O=C(COc1ccccc1)N1CCN(CC(=O)N2CCCC(c3ccc(F)cc3)c3ccc(F)cc32)CC1. The van der Waals surface area contributed by atoms with Gasteiger partial charge in [0.2, 0.25) is 5.91 Å². The normalized spacial score (nSPS) is 18.0. The molecule has 1 fully saturated rings. The lowest BCUT2D eigenvalue weighted by Gasteiger charge is -2.35. The van der Waals surface area contributed by atoms with Crippen LogP contribution in [0.5, 0.6) is 5.75 Å². The fourth-order valence-corrected chi connectivity index (χ4v) is 5.26. The first-order chi connectivity index (χ1) is 18.5. The monoisotopic (exact) mass is 519 g/mol. The summed E-state index contributed by atoms with van der Waals surface area (Å²) < 4.78 is 33.4. The van der Waals surface area contributed by atoms with E-state index in [1.54, 1.807) is 28.0 Å². The molecule has 1 atom stereocenters. The number of anilines is 1. The zero-order chi connectivity index (χ0) is 26.5. The Bertz CT molecular complexity index is 1260. The van der Waals surface area contributed by atoms with Gasteiger partial charge in [-0.2, -0.15) is 0 Å². The molecule has 3 aromatic carbocycles. The van der Waals surface area contributed by atoms with Crippen LogP contribution in [0, 0.1) is 11.6 Å². The van der Waals surface area contributed by atoms with E-state index in [-0.39, 0.29) is 36.7 Å². The number of carbonyl (C=O) groups excluding carboxylic acids is 2. The Balaban J connectivity index is 1.21. The fourth-order valence-electron chi connectivity index (χ4n) is 5.26. The van der Waals surface area contributed by atoms with E-state index in [2.05, 4.69) is 0 Å². The summed E-state index contributed by atoms with van der Waals surface area (Å²) in [6.45, 7) is 2.84. The predicted octanol–water partition coefficient (Wildman–Crippen LogP) is 4.45. The highest BCUT2D eigenvalue weighted by Crippen LogP contribution is 2.39. The maximum absolute atomic E-state index is 14.3. The van der Waals surface area contributed by atoms with Gasteiger partial charge in [0.15, 0.2) is 6.61 Å². The third-order valence-corrected chi connectivity index (χ3v) is 7.30. The van der Waals surface area contributed by atoms with Crippen LogP contribution in [0.15, 0.2) is 72.8 Å². The molecule has 2 aliphatic heterocycles. The molecule has 1 saturated heterocycles. The van der Waals surface area contributed by atoms with Crippen molar-refractivity contribution in [3.63, 3.8) is 0 Å². The van der Waals surface area contributed by atoms with Crippen LogP contribution in [-0.4, -0.2) is 67.5 Å². The average Bonchev–Trinajstić information content (AvgIpc) is 3.12. The van der Waals surface area contributed by atoms with Crippen LogP contribution < -0.4 is 9.64 Å². The zero-order valence-electron chi connectivity index (χ0n) is 21.2. The summed E-state index contributed by atoms with van der Waals surface area (Å²) in [7, 11) is 0. The van der Waals surface area contributed by atoms with Gasteiger partial charge in [0.1, 0.15) is 17.4 Å². The number of carbonyl (C=O) groups is 2. The van der Waals surface area contributed by atoms with Crippen molar-refractivity contribution in [2.45, 2.75) is 18.8 Å². The molecule has 0 aromatic heterocycles. The zero-order valence-corrected chi connectivity index (χ0v) is 21.2. The second-order valence-corrected chi connectivity index (χ2v) is 9.75. The summed E-state index contributed by atoms with van der Waals surface area (Å²) in [5.74, 6) is -0.264. The molecule has 38 heavy (non-hydrogen) atoms.